The molecule has 2 fully saturated rings. The molecule has 7 rings (SSSR count). The molecule has 5 aromatic rings. The average Bonchev–Trinajstić information content (AvgIpc) is 4.01. The van der Waals surface area contributed by atoms with Gasteiger partial charge in [0.05, 0.1) is 48.7 Å². The fourth-order valence-electron chi connectivity index (χ4n) is 7.82. The zero-order valence-corrected chi connectivity index (χ0v) is 31.9. The number of methoxy groups -OCH3 is 2. The number of fused-ring (bicyclic) bond motifs is 1. The number of hydrogen-bond donors (Lipinski definition) is 4. The second kappa shape index (κ2) is 17.1. The number of likely N-dealkylation sites (tertiary alicyclic amines) is 2. The first-order valence-electron chi connectivity index (χ1n) is 19.1. The SMILES string of the molecule is COC(=O)NCC(=O)N1CCC[C@H]1c1nc2cc(CCc3ccc(-c4cc([C@@H]5C[C@@H](C)CCN5C(=O)[C@H](NC(=O)OC)c5ccccc5)[nH]n4)cc3)ccc2[nH]1. The summed E-state index contributed by atoms with van der Waals surface area (Å²) in [6.07, 6.45) is 3.67. The topological polar surface area (TPSA) is 175 Å². The Morgan fingerprint density at radius 3 is 2.38 bits per heavy atom. The highest BCUT2D eigenvalue weighted by Gasteiger charge is 2.37. The molecule has 0 saturated carbocycles. The molecule has 14 heteroatoms. The molecule has 0 unspecified atom stereocenters. The Morgan fingerprint density at radius 1 is 0.857 bits per heavy atom. The van der Waals surface area contributed by atoms with Gasteiger partial charge in [-0.25, -0.2) is 14.6 Å². The van der Waals surface area contributed by atoms with Crippen LogP contribution in [0.25, 0.3) is 22.3 Å². The molecule has 4 atom stereocenters. The number of carbonyl (C=O) groups excluding carboxylic acids is 4. The molecule has 0 radical (unpaired) electrons. The van der Waals surface area contributed by atoms with Crippen molar-refractivity contribution in [2.24, 2.45) is 5.92 Å². The Morgan fingerprint density at radius 2 is 1.61 bits per heavy atom. The number of ether oxygens (including phenoxy) is 2. The standard InChI is InChI=1S/C42H48N8O6/c1-26-19-21-50(40(52)38(46-42(54)56-3)30-8-5-4-6-9-30)36(22-26)34-24-32(47-48-34)29-16-13-27(14-17-29)11-12-28-15-18-31-33(23-28)45-39(44-31)35-10-7-20-49(35)37(51)25-43-41(53)55-2/h4-6,8-9,13-18,23-24,26,35-36,38H,7,10-12,19-22,25H2,1-3H3,(H,43,53)(H,44,45)(H,46,54)(H,47,48)/t26-,35-,36-,38+/m0/s1. The van der Waals surface area contributed by atoms with E-state index in [1.165, 1.54) is 19.8 Å². The molecule has 0 bridgehead atoms. The Balaban J connectivity index is 0.995. The van der Waals surface area contributed by atoms with Crippen LogP contribution in [0.3, 0.4) is 0 Å². The first kappa shape index (κ1) is 38.1. The summed E-state index contributed by atoms with van der Waals surface area (Å²) in [6, 6.07) is 24.6. The molecule has 3 aromatic carbocycles. The van der Waals surface area contributed by atoms with Gasteiger partial charge in [0, 0.05) is 18.7 Å². The van der Waals surface area contributed by atoms with E-state index in [4.69, 9.17) is 9.72 Å². The summed E-state index contributed by atoms with van der Waals surface area (Å²) in [4.78, 5) is 62.6. The fourth-order valence-corrected chi connectivity index (χ4v) is 7.82. The Hall–Kier alpha value is -6.18. The lowest BCUT2D eigenvalue weighted by molar-refractivity contribution is -0.138. The molecule has 56 heavy (non-hydrogen) atoms. The molecule has 0 aliphatic carbocycles. The van der Waals surface area contributed by atoms with E-state index in [1.807, 2.05) is 47.4 Å². The smallest absolute Gasteiger partial charge is 0.407 e. The van der Waals surface area contributed by atoms with E-state index < -0.39 is 18.2 Å². The van der Waals surface area contributed by atoms with Crippen molar-refractivity contribution in [3.8, 4) is 11.3 Å². The number of H-pyrrole nitrogens is 2. The highest BCUT2D eigenvalue weighted by Crippen LogP contribution is 2.37. The van der Waals surface area contributed by atoms with Crippen LogP contribution in [0.5, 0.6) is 0 Å². The van der Waals surface area contributed by atoms with Gasteiger partial charge < -0.3 is 34.9 Å². The molecule has 292 valence electrons. The molecule has 0 spiro atoms. The van der Waals surface area contributed by atoms with Gasteiger partial charge in [0.15, 0.2) is 0 Å². The van der Waals surface area contributed by atoms with Gasteiger partial charge in [-0.2, -0.15) is 5.10 Å². The Labute approximate surface area is 325 Å². The number of imidazole rings is 1. The maximum atomic E-state index is 14.1. The molecular formula is C42H48N8O6. The largest absolute Gasteiger partial charge is 0.453 e. The molecule has 2 saturated heterocycles. The van der Waals surface area contributed by atoms with Crippen molar-refractivity contribution in [1.82, 2.24) is 40.6 Å². The number of amides is 4. The van der Waals surface area contributed by atoms with Gasteiger partial charge in [-0.05, 0) is 79.3 Å². The Kier molecular flexibility index (Phi) is 11.6. The monoisotopic (exact) mass is 760 g/mol. The molecule has 2 aromatic heterocycles. The van der Waals surface area contributed by atoms with Crippen LogP contribution in [0.2, 0.25) is 0 Å². The number of alkyl carbamates (subject to hydrolysis) is 2. The maximum absolute atomic E-state index is 14.1. The van der Waals surface area contributed by atoms with Crippen molar-refractivity contribution >= 4 is 35.0 Å². The van der Waals surface area contributed by atoms with Crippen LogP contribution < -0.4 is 10.6 Å². The van der Waals surface area contributed by atoms with Gasteiger partial charge in [-0.3, -0.25) is 14.7 Å². The predicted octanol–water partition coefficient (Wildman–Crippen LogP) is 6.15. The third-order valence-electron chi connectivity index (χ3n) is 10.9. The van der Waals surface area contributed by atoms with Crippen molar-refractivity contribution in [3.63, 3.8) is 0 Å². The number of nitrogens with zero attached hydrogens (tertiary/aromatic N) is 4. The van der Waals surface area contributed by atoms with Gasteiger partial charge in [0.1, 0.15) is 18.4 Å². The number of hydrogen-bond acceptors (Lipinski definition) is 8. The lowest BCUT2D eigenvalue weighted by Crippen LogP contribution is -2.47. The zero-order chi connectivity index (χ0) is 39.2. The van der Waals surface area contributed by atoms with E-state index in [9.17, 15) is 19.2 Å². The molecule has 14 nitrogen and oxygen atoms in total. The summed E-state index contributed by atoms with van der Waals surface area (Å²) < 4.78 is 9.45. The van der Waals surface area contributed by atoms with Crippen LogP contribution in [-0.2, 0) is 31.9 Å². The van der Waals surface area contributed by atoms with Crippen molar-refractivity contribution in [2.45, 2.75) is 63.6 Å². The van der Waals surface area contributed by atoms with Crippen LogP contribution in [-0.4, -0.2) is 87.8 Å². The summed E-state index contributed by atoms with van der Waals surface area (Å²) >= 11 is 0. The minimum Gasteiger partial charge on any atom is -0.453 e. The lowest BCUT2D eigenvalue weighted by atomic mass is 9.89. The molecule has 4 amide bonds. The third kappa shape index (κ3) is 8.54. The van der Waals surface area contributed by atoms with Crippen LogP contribution in [0.4, 0.5) is 9.59 Å². The number of piperidine rings is 1. The molecule has 4 heterocycles. The minimum absolute atomic E-state index is 0.118. The first-order chi connectivity index (χ1) is 27.2. The second-order valence-corrected chi connectivity index (χ2v) is 14.6. The van der Waals surface area contributed by atoms with Crippen molar-refractivity contribution in [3.05, 3.63) is 107 Å². The molecule has 2 aliphatic heterocycles. The quantitative estimate of drug-likeness (QED) is 0.124. The zero-order valence-electron chi connectivity index (χ0n) is 31.9. The van der Waals surface area contributed by atoms with Crippen molar-refractivity contribution in [2.75, 3.05) is 33.9 Å². The second-order valence-electron chi connectivity index (χ2n) is 14.6. The summed E-state index contributed by atoms with van der Waals surface area (Å²) in [5.74, 6) is 0.803. The van der Waals surface area contributed by atoms with Gasteiger partial charge >= 0.3 is 12.2 Å². The average molecular weight is 761 g/mol. The number of aromatic amines is 2. The minimum atomic E-state index is -0.878. The number of benzene rings is 3. The number of rotatable bonds is 11. The lowest BCUT2D eigenvalue weighted by Gasteiger charge is -2.39. The highest BCUT2D eigenvalue weighted by atomic mass is 16.5. The van der Waals surface area contributed by atoms with E-state index in [-0.39, 0.29) is 30.4 Å². The number of carbonyl (C=O) groups is 4. The van der Waals surface area contributed by atoms with E-state index >= 15 is 0 Å². The predicted molar refractivity (Wildman–Crippen MR) is 209 cm³/mol. The van der Waals surface area contributed by atoms with Crippen LogP contribution in [0.15, 0.2) is 78.9 Å². The summed E-state index contributed by atoms with van der Waals surface area (Å²) in [5.41, 5.74) is 7.44. The maximum Gasteiger partial charge on any atom is 0.407 e. The first-order valence-corrected chi connectivity index (χ1v) is 19.1. The van der Waals surface area contributed by atoms with Gasteiger partial charge in [0.25, 0.3) is 0 Å². The molecular weight excluding hydrogens is 713 g/mol. The van der Waals surface area contributed by atoms with Crippen LogP contribution >= 0.6 is 0 Å². The van der Waals surface area contributed by atoms with Crippen LogP contribution in [0.1, 0.15) is 78.9 Å². The van der Waals surface area contributed by atoms with Crippen molar-refractivity contribution in [1.29, 1.82) is 0 Å². The van der Waals surface area contributed by atoms with Gasteiger partial charge in [0.2, 0.25) is 11.8 Å². The van der Waals surface area contributed by atoms with E-state index in [0.29, 0.717) is 24.6 Å². The van der Waals surface area contributed by atoms with E-state index in [2.05, 4.69) is 73.9 Å². The molecule has 2 aliphatic rings. The molecule has 4 N–H and O–H groups in total. The summed E-state index contributed by atoms with van der Waals surface area (Å²) in [7, 11) is 2.56. The number of nitrogens with one attached hydrogen (secondary N) is 4. The third-order valence-corrected chi connectivity index (χ3v) is 10.9. The van der Waals surface area contributed by atoms with Crippen molar-refractivity contribution < 1.29 is 28.7 Å². The fraction of sp³-hybridized carbons (Fsp3) is 0.381. The number of aromatic nitrogens is 4. The van der Waals surface area contributed by atoms with Gasteiger partial charge in [-0.15, -0.1) is 0 Å². The normalized spacial score (nSPS) is 18.7. The Bertz CT molecular complexity index is 2170. The van der Waals surface area contributed by atoms with Crippen LogP contribution in [0, 0.1) is 5.92 Å². The van der Waals surface area contributed by atoms with Gasteiger partial charge in [-0.1, -0.05) is 67.6 Å². The summed E-state index contributed by atoms with van der Waals surface area (Å²) in [5, 5.41) is 13.1. The highest BCUT2D eigenvalue weighted by molar-refractivity contribution is 5.87. The summed E-state index contributed by atoms with van der Waals surface area (Å²) in [6.45, 7) is 3.25. The number of aryl methyl sites for hydroxylation is 2. The van der Waals surface area contributed by atoms with E-state index in [1.54, 1.807) is 4.90 Å². The van der Waals surface area contributed by atoms with E-state index in [0.717, 1.165) is 77.9 Å².